The Kier molecular flexibility index (Phi) is 4.98. The van der Waals surface area contributed by atoms with Crippen molar-refractivity contribution in [2.75, 3.05) is 14.2 Å². The molecule has 0 aliphatic carbocycles. The second kappa shape index (κ2) is 6.06. The number of hydrogen-bond acceptors (Lipinski definition) is 5. The molecule has 1 atom stereocenters. The van der Waals surface area contributed by atoms with Crippen molar-refractivity contribution in [3.05, 3.63) is 17.8 Å². The predicted molar refractivity (Wildman–Crippen MR) is 72.8 cm³/mol. The van der Waals surface area contributed by atoms with E-state index in [1.54, 1.807) is 12.3 Å². The summed E-state index contributed by atoms with van der Waals surface area (Å²) in [4.78, 5) is 4.07. The van der Waals surface area contributed by atoms with Crippen molar-refractivity contribution in [3.8, 4) is 11.6 Å². The van der Waals surface area contributed by atoms with Crippen molar-refractivity contribution in [2.45, 2.75) is 25.5 Å². The maximum atomic E-state index is 11.8. The molecule has 100 valence electrons. The fourth-order valence-corrected chi connectivity index (χ4v) is 1.62. The molecule has 0 amide bonds. The molecule has 0 saturated carbocycles. The van der Waals surface area contributed by atoms with Crippen LogP contribution in [0.4, 0.5) is 0 Å². The Morgan fingerprint density at radius 1 is 1.33 bits per heavy atom. The van der Waals surface area contributed by atoms with E-state index in [9.17, 15) is 4.55 Å². The van der Waals surface area contributed by atoms with Crippen LogP contribution in [0.1, 0.15) is 26.3 Å². The number of pyridine rings is 1. The fraction of sp³-hybridized carbons (Fsp3) is 0.500. The van der Waals surface area contributed by atoms with Gasteiger partial charge in [-0.1, -0.05) is 4.40 Å². The third kappa shape index (κ3) is 3.89. The van der Waals surface area contributed by atoms with Gasteiger partial charge in [0, 0.05) is 11.8 Å². The minimum atomic E-state index is -1.28. The number of ether oxygens (including phenoxy) is 2. The molecule has 1 aromatic rings. The molecule has 0 spiro atoms. The van der Waals surface area contributed by atoms with Crippen molar-refractivity contribution in [2.24, 2.45) is 4.40 Å². The van der Waals surface area contributed by atoms with Crippen LogP contribution in [-0.4, -0.2) is 34.7 Å². The minimum absolute atomic E-state index is 0.375. The highest BCUT2D eigenvalue weighted by atomic mass is 32.2. The molecule has 0 fully saturated rings. The molecule has 1 unspecified atom stereocenters. The molecule has 1 rings (SSSR count). The van der Waals surface area contributed by atoms with Gasteiger partial charge in [-0.25, -0.2) is 4.98 Å². The average Bonchev–Trinajstić information content (AvgIpc) is 2.34. The van der Waals surface area contributed by atoms with Gasteiger partial charge in [0.15, 0.2) is 5.75 Å². The van der Waals surface area contributed by atoms with E-state index in [2.05, 4.69) is 9.38 Å². The number of hydrogen-bond donors (Lipinski definition) is 0. The highest BCUT2D eigenvalue weighted by Gasteiger charge is 2.25. The molecule has 0 saturated heterocycles. The summed E-state index contributed by atoms with van der Waals surface area (Å²) in [6.07, 6.45) is 3.11. The summed E-state index contributed by atoms with van der Waals surface area (Å²) < 4.78 is 25.5. The number of aromatic nitrogens is 1. The first-order valence-electron chi connectivity index (χ1n) is 5.42. The van der Waals surface area contributed by atoms with Gasteiger partial charge in [0.2, 0.25) is 0 Å². The molecule has 0 bridgehead atoms. The van der Waals surface area contributed by atoms with Gasteiger partial charge in [-0.05, 0) is 26.8 Å². The Morgan fingerprint density at radius 3 is 2.50 bits per heavy atom. The van der Waals surface area contributed by atoms with Crippen LogP contribution in [0.3, 0.4) is 0 Å². The number of methoxy groups -OCH3 is 2. The van der Waals surface area contributed by atoms with E-state index in [0.717, 1.165) is 0 Å². The average molecular weight is 270 g/mol. The Balaban J connectivity index is 2.89. The Bertz CT molecular complexity index is 430. The molecule has 0 aliphatic rings. The maximum absolute atomic E-state index is 11.8. The van der Waals surface area contributed by atoms with Crippen molar-refractivity contribution in [1.29, 1.82) is 0 Å². The summed E-state index contributed by atoms with van der Waals surface area (Å²) in [6, 6.07) is 1.73. The van der Waals surface area contributed by atoms with E-state index < -0.39 is 11.4 Å². The largest absolute Gasteiger partial charge is 0.591 e. The van der Waals surface area contributed by atoms with Crippen molar-refractivity contribution < 1.29 is 14.0 Å². The zero-order valence-corrected chi connectivity index (χ0v) is 12.1. The van der Waals surface area contributed by atoms with Crippen LogP contribution >= 0.6 is 0 Å². The second-order valence-electron chi connectivity index (χ2n) is 4.58. The van der Waals surface area contributed by atoms with Gasteiger partial charge in [-0.3, -0.25) is 0 Å². The summed E-state index contributed by atoms with van der Waals surface area (Å²) in [5, 5.41) is 0. The molecular formula is C12H18N2O3S. The summed E-state index contributed by atoms with van der Waals surface area (Å²) >= 11 is -1.28. The molecule has 18 heavy (non-hydrogen) atoms. The van der Waals surface area contributed by atoms with Crippen LogP contribution in [0.25, 0.3) is 0 Å². The molecule has 5 nitrogen and oxygen atoms in total. The molecule has 0 radical (unpaired) electrons. The Labute approximate surface area is 111 Å². The molecule has 0 N–H and O–H groups in total. The smallest absolute Gasteiger partial charge is 0.256 e. The van der Waals surface area contributed by atoms with E-state index in [0.29, 0.717) is 17.2 Å². The van der Waals surface area contributed by atoms with E-state index in [-0.39, 0.29) is 4.75 Å². The predicted octanol–water partition coefficient (Wildman–Crippen LogP) is 1.98. The Morgan fingerprint density at radius 2 is 2.00 bits per heavy atom. The first kappa shape index (κ1) is 14.8. The normalized spacial score (nSPS) is 13.7. The van der Waals surface area contributed by atoms with E-state index in [4.69, 9.17) is 9.47 Å². The standard InChI is InChI=1S/C12H18N2O3S/c1-12(2,3)18(15)14-8-9-6-10(16-4)11(17-5)13-7-9/h6-8H,1-5H3. The van der Waals surface area contributed by atoms with Crippen LogP contribution in [-0.2, 0) is 11.4 Å². The van der Waals surface area contributed by atoms with Crippen LogP contribution in [0, 0.1) is 0 Å². The lowest BCUT2D eigenvalue weighted by atomic mass is 10.3. The van der Waals surface area contributed by atoms with Gasteiger partial charge in [0.25, 0.3) is 5.88 Å². The lowest BCUT2D eigenvalue weighted by Gasteiger charge is -2.17. The quantitative estimate of drug-likeness (QED) is 0.620. The summed E-state index contributed by atoms with van der Waals surface area (Å²) in [5.41, 5.74) is 0.713. The third-order valence-electron chi connectivity index (χ3n) is 2.07. The highest BCUT2D eigenvalue weighted by molar-refractivity contribution is 7.91. The van der Waals surface area contributed by atoms with Gasteiger partial charge in [-0.15, -0.1) is 0 Å². The Hall–Kier alpha value is -1.27. The molecule has 1 aromatic heterocycles. The van der Waals surface area contributed by atoms with Crippen molar-refractivity contribution in [1.82, 2.24) is 4.98 Å². The number of nitrogens with zero attached hydrogens (tertiary/aromatic N) is 2. The summed E-state index contributed by atoms with van der Waals surface area (Å²) in [5.74, 6) is 0.926. The first-order valence-corrected chi connectivity index (χ1v) is 6.53. The van der Waals surface area contributed by atoms with Crippen LogP contribution in [0.15, 0.2) is 16.7 Å². The number of rotatable bonds is 4. The van der Waals surface area contributed by atoms with Crippen LogP contribution < -0.4 is 9.47 Å². The second-order valence-corrected chi connectivity index (χ2v) is 6.51. The summed E-state index contributed by atoms with van der Waals surface area (Å²) in [6.45, 7) is 5.61. The molecule has 1 heterocycles. The fourth-order valence-electron chi connectivity index (χ4n) is 1.08. The minimum Gasteiger partial charge on any atom is -0.591 e. The van der Waals surface area contributed by atoms with Crippen LogP contribution in [0.5, 0.6) is 11.6 Å². The van der Waals surface area contributed by atoms with Gasteiger partial charge >= 0.3 is 0 Å². The molecular weight excluding hydrogens is 252 g/mol. The lowest BCUT2D eigenvalue weighted by molar-refractivity contribution is 0.343. The van der Waals surface area contributed by atoms with Gasteiger partial charge in [0.1, 0.15) is 16.1 Å². The summed E-state index contributed by atoms with van der Waals surface area (Å²) in [7, 11) is 3.06. The SMILES string of the molecule is COc1cc(C=N[S+]([O-])C(C)(C)C)cnc1OC. The maximum Gasteiger partial charge on any atom is 0.256 e. The van der Waals surface area contributed by atoms with Gasteiger partial charge in [0.05, 0.1) is 20.4 Å². The van der Waals surface area contributed by atoms with Crippen molar-refractivity contribution >= 4 is 17.6 Å². The zero-order valence-electron chi connectivity index (χ0n) is 11.3. The van der Waals surface area contributed by atoms with Gasteiger partial charge in [-0.2, -0.15) is 0 Å². The van der Waals surface area contributed by atoms with Gasteiger partial charge < -0.3 is 14.0 Å². The molecule has 0 aliphatic heterocycles. The third-order valence-corrected chi connectivity index (χ3v) is 3.42. The van der Waals surface area contributed by atoms with Crippen LogP contribution in [0.2, 0.25) is 0 Å². The zero-order chi connectivity index (χ0) is 13.8. The van der Waals surface area contributed by atoms with E-state index in [1.165, 1.54) is 20.4 Å². The monoisotopic (exact) mass is 270 g/mol. The molecule has 0 aromatic carbocycles. The first-order chi connectivity index (χ1) is 8.38. The topological polar surface area (TPSA) is 66.8 Å². The molecule has 6 heteroatoms. The lowest BCUT2D eigenvalue weighted by Crippen LogP contribution is -2.25. The van der Waals surface area contributed by atoms with Crippen molar-refractivity contribution in [3.63, 3.8) is 0 Å². The van der Waals surface area contributed by atoms with E-state index >= 15 is 0 Å². The van der Waals surface area contributed by atoms with E-state index in [1.807, 2.05) is 20.8 Å². The highest BCUT2D eigenvalue weighted by Crippen LogP contribution is 2.24.